The molecule has 0 aromatic heterocycles. The predicted molar refractivity (Wildman–Crippen MR) is 69.1 cm³/mol. The molecule has 3 nitrogen and oxygen atoms in total. The summed E-state index contributed by atoms with van der Waals surface area (Å²) in [5, 5.41) is 18.9. The first-order valence-electron chi connectivity index (χ1n) is 5.03. The third kappa shape index (κ3) is 2.64. The Balaban J connectivity index is 3.68. The lowest BCUT2D eigenvalue weighted by Crippen LogP contribution is -1.94. The summed E-state index contributed by atoms with van der Waals surface area (Å²) < 4.78 is 0. The molecule has 0 atom stereocenters. The molecule has 0 aliphatic carbocycles. The van der Waals surface area contributed by atoms with Crippen LogP contribution >= 0.6 is 0 Å². The van der Waals surface area contributed by atoms with E-state index >= 15 is 0 Å². The van der Waals surface area contributed by atoms with Gasteiger partial charge in [-0.3, -0.25) is 4.79 Å². The second kappa shape index (κ2) is 5.16. The van der Waals surface area contributed by atoms with Crippen LogP contribution < -0.4 is 5.43 Å². The molecule has 88 valence electrons. The summed E-state index contributed by atoms with van der Waals surface area (Å²) in [6.45, 7) is 8.95. The molecule has 0 aliphatic rings. The van der Waals surface area contributed by atoms with E-state index in [-0.39, 0.29) is 0 Å². The minimum Gasteiger partial charge on any atom is -0.504 e. The monoisotopic (exact) mass is 230 g/mol. The van der Waals surface area contributed by atoms with Gasteiger partial charge >= 0.3 is 0 Å². The smallest absolute Gasteiger partial charge is 0.224 e. The summed E-state index contributed by atoms with van der Waals surface area (Å²) in [5.41, 5.74) is 1.35. The lowest BCUT2D eigenvalue weighted by Gasteiger charge is -2.02. The molecule has 0 fully saturated rings. The molecule has 0 heterocycles. The molecule has 0 bridgehead atoms. The topological polar surface area (TPSA) is 57.5 Å². The molecule has 0 aliphatic heterocycles. The Bertz CT molecular complexity index is 554. The highest BCUT2D eigenvalue weighted by molar-refractivity contribution is 5.77. The number of hydrogen-bond acceptors (Lipinski definition) is 3. The van der Waals surface area contributed by atoms with Gasteiger partial charge in [0.05, 0.1) is 0 Å². The first kappa shape index (κ1) is 12.8. The Morgan fingerprint density at radius 3 is 2.47 bits per heavy atom. The van der Waals surface area contributed by atoms with Crippen molar-refractivity contribution >= 4 is 5.57 Å². The predicted octanol–water partition coefficient (Wildman–Crippen LogP) is 2.52. The van der Waals surface area contributed by atoms with Crippen LogP contribution in [0.3, 0.4) is 0 Å². The van der Waals surface area contributed by atoms with Crippen molar-refractivity contribution in [2.24, 2.45) is 0 Å². The van der Waals surface area contributed by atoms with E-state index < -0.39 is 16.9 Å². The van der Waals surface area contributed by atoms with Crippen molar-refractivity contribution in [2.45, 2.75) is 6.92 Å². The van der Waals surface area contributed by atoms with Gasteiger partial charge in [-0.2, -0.15) is 0 Å². The SMILES string of the molecule is C=C/C=C(\C=C)c1cc(O)c(O)c(=O)cc1C. The van der Waals surface area contributed by atoms with E-state index in [4.69, 9.17) is 0 Å². The normalized spacial score (nSPS) is 11.0. The molecule has 0 saturated carbocycles. The Morgan fingerprint density at radius 2 is 1.94 bits per heavy atom. The number of hydrogen-bond donors (Lipinski definition) is 2. The molecule has 0 spiro atoms. The molecule has 0 radical (unpaired) electrons. The van der Waals surface area contributed by atoms with E-state index in [1.807, 2.05) is 0 Å². The largest absolute Gasteiger partial charge is 0.504 e. The summed E-state index contributed by atoms with van der Waals surface area (Å²) in [6.07, 6.45) is 4.87. The maximum absolute atomic E-state index is 11.4. The second-order valence-electron chi connectivity index (χ2n) is 3.55. The Kier molecular flexibility index (Phi) is 3.88. The molecule has 0 saturated heterocycles. The van der Waals surface area contributed by atoms with E-state index in [0.717, 1.165) is 0 Å². The average Bonchev–Trinajstić information content (AvgIpc) is 2.39. The molecule has 1 aromatic rings. The lowest BCUT2D eigenvalue weighted by atomic mass is 10.0. The second-order valence-corrected chi connectivity index (χ2v) is 3.55. The van der Waals surface area contributed by atoms with Gasteiger partial charge in [0.25, 0.3) is 0 Å². The third-order valence-electron chi connectivity index (χ3n) is 2.36. The highest BCUT2D eigenvalue weighted by Gasteiger charge is 2.08. The molecule has 2 N–H and O–H groups in total. The van der Waals surface area contributed by atoms with Crippen LogP contribution in [-0.2, 0) is 0 Å². The first-order valence-corrected chi connectivity index (χ1v) is 5.03. The van der Waals surface area contributed by atoms with Crippen molar-refractivity contribution < 1.29 is 10.2 Å². The van der Waals surface area contributed by atoms with Gasteiger partial charge in [0.15, 0.2) is 5.75 Å². The van der Waals surface area contributed by atoms with Gasteiger partial charge < -0.3 is 10.2 Å². The Labute approximate surface area is 99.7 Å². The zero-order valence-electron chi connectivity index (χ0n) is 9.60. The molecule has 1 aromatic carbocycles. The molecular weight excluding hydrogens is 216 g/mol. The summed E-state index contributed by atoms with van der Waals surface area (Å²) in [5.74, 6) is -1.10. The Hall–Kier alpha value is -2.29. The summed E-state index contributed by atoms with van der Waals surface area (Å²) >= 11 is 0. The molecule has 0 amide bonds. The molecule has 0 unspecified atom stereocenters. The number of allylic oxidation sites excluding steroid dienone is 4. The minimum absolute atomic E-state index is 0.449. The molecule has 3 heteroatoms. The van der Waals surface area contributed by atoms with Gasteiger partial charge in [0.1, 0.15) is 0 Å². The van der Waals surface area contributed by atoms with Crippen molar-refractivity contribution in [2.75, 3.05) is 0 Å². The molecular formula is C14H14O3. The van der Waals surface area contributed by atoms with Crippen LogP contribution in [0.1, 0.15) is 11.1 Å². The summed E-state index contributed by atoms with van der Waals surface area (Å²) in [4.78, 5) is 11.4. The lowest BCUT2D eigenvalue weighted by molar-refractivity contribution is 0.402. The fraction of sp³-hybridized carbons (Fsp3) is 0.0714. The zero-order chi connectivity index (χ0) is 13.0. The van der Waals surface area contributed by atoms with Crippen molar-refractivity contribution in [1.82, 2.24) is 0 Å². The van der Waals surface area contributed by atoms with E-state index in [0.29, 0.717) is 16.7 Å². The van der Waals surface area contributed by atoms with E-state index in [1.54, 1.807) is 25.2 Å². The minimum atomic E-state index is -0.652. The Morgan fingerprint density at radius 1 is 1.29 bits per heavy atom. The standard InChI is InChI=1S/C14H14O3/c1-4-6-10(5-2)11-8-13(16)14(17)12(15)7-9(11)3/h4-8H,1-2H2,3H3,(H2,15,16,17)/b10-6+. The van der Waals surface area contributed by atoms with E-state index in [2.05, 4.69) is 13.2 Å². The van der Waals surface area contributed by atoms with Gasteiger partial charge in [0.2, 0.25) is 11.2 Å². The summed E-state index contributed by atoms with van der Waals surface area (Å²) in [7, 11) is 0. The number of rotatable bonds is 3. The highest BCUT2D eigenvalue weighted by atomic mass is 16.3. The maximum Gasteiger partial charge on any atom is 0.224 e. The highest BCUT2D eigenvalue weighted by Crippen LogP contribution is 2.26. The van der Waals surface area contributed by atoms with Crippen molar-refractivity contribution in [3.63, 3.8) is 0 Å². The van der Waals surface area contributed by atoms with E-state index in [1.165, 1.54) is 12.1 Å². The van der Waals surface area contributed by atoms with Crippen LogP contribution in [0.15, 0.2) is 48.3 Å². The fourth-order valence-electron chi connectivity index (χ4n) is 1.49. The first-order chi connectivity index (χ1) is 8.01. The van der Waals surface area contributed by atoms with Gasteiger partial charge in [-0.15, -0.1) is 0 Å². The quantitative estimate of drug-likeness (QED) is 0.784. The van der Waals surface area contributed by atoms with Crippen LogP contribution in [0, 0.1) is 6.92 Å². The van der Waals surface area contributed by atoms with Crippen LogP contribution in [0.5, 0.6) is 11.5 Å². The maximum atomic E-state index is 11.4. The van der Waals surface area contributed by atoms with Crippen LogP contribution in [0.2, 0.25) is 0 Å². The van der Waals surface area contributed by atoms with Crippen molar-refractivity contribution in [1.29, 1.82) is 0 Å². The fourth-order valence-corrected chi connectivity index (χ4v) is 1.49. The number of aromatic hydroxyl groups is 2. The third-order valence-corrected chi connectivity index (χ3v) is 2.36. The van der Waals surface area contributed by atoms with Gasteiger partial charge in [-0.1, -0.05) is 31.4 Å². The van der Waals surface area contributed by atoms with Gasteiger partial charge in [-0.05, 0) is 35.8 Å². The summed E-state index contributed by atoms with van der Waals surface area (Å²) in [6, 6.07) is 2.61. The van der Waals surface area contributed by atoms with Crippen LogP contribution in [0.25, 0.3) is 5.57 Å². The van der Waals surface area contributed by atoms with Gasteiger partial charge in [0, 0.05) is 0 Å². The van der Waals surface area contributed by atoms with Gasteiger partial charge in [-0.25, -0.2) is 0 Å². The van der Waals surface area contributed by atoms with Crippen molar-refractivity contribution in [3.05, 3.63) is 64.9 Å². The van der Waals surface area contributed by atoms with E-state index in [9.17, 15) is 15.0 Å². The van der Waals surface area contributed by atoms with Crippen molar-refractivity contribution in [3.8, 4) is 11.5 Å². The zero-order valence-corrected chi connectivity index (χ0v) is 9.60. The van der Waals surface area contributed by atoms with Crippen LogP contribution in [0.4, 0.5) is 0 Å². The molecule has 1 rings (SSSR count). The molecule has 17 heavy (non-hydrogen) atoms. The average molecular weight is 230 g/mol. The number of aryl methyl sites for hydroxylation is 1. The van der Waals surface area contributed by atoms with Crippen LogP contribution in [-0.4, -0.2) is 10.2 Å².